The van der Waals surface area contributed by atoms with E-state index in [2.05, 4.69) is 53.2 Å². The van der Waals surface area contributed by atoms with Crippen molar-refractivity contribution in [2.75, 3.05) is 18.4 Å². The standard InChI is InChI=1S/C26H25BrN6O2/c27-22-2-1-3-23-25(22)31-24(14-28-23)18-13-29-33(15-18)20-6-8-32(9-7-20)21-11-16-4-5-19(30-26(34)35)10-17(16)12-21/h1-5,10,13-15,20-21,30H,6-9,11-12H2,(H,34,35). The van der Waals surface area contributed by atoms with E-state index in [1.54, 1.807) is 0 Å². The van der Waals surface area contributed by atoms with Crippen molar-refractivity contribution in [2.45, 2.75) is 37.8 Å². The molecule has 3 heterocycles. The summed E-state index contributed by atoms with van der Waals surface area (Å²) in [5.41, 5.74) is 6.76. The molecule has 1 atom stereocenters. The molecule has 2 aliphatic rings. The summed E-state index contributed by atoms with van der Waals surface area (Å²) >= 11 is 3.57. The van der Waals surface area contributed by atoms with Gasteiger partial charge in [0.1, 0.15) is 5.52 Å². The van der Waals surface area contributed by atoms with Crippen molar-refractivity contribution in [2.24, 2.45) is 0 Å². The van der Waals surface area contributed by atoms with Crippen LogP contribution in [0.3, 0.4) is 0 Å². The Morgan fingerprint density at radius 3 is 2.71 bits per heavy atom. The highest BCUT2D eigenvalue weighted by Crippen LogP contribution is 2.32. The molecule has 1 amide bonds. The average Bonchev–Trinajstić information content (AvgIpc) is 3.51. The number of rotatable bonds is 4. The number of anilines is 1. The molecule has 2 aromatic heterocycles. The molecule has 0 spiro atoms. The first-order valence-electron chi connectivity index (χ1n) is 11.8. The first kappa shape index (κ1) is 22.2. The molecule has 2 N–H and O–H groups in total. The Hall–Kier alpha value is -3.30. The van der Waals surface area contributed by atoms with Crippen molar-refractivity contribution in [1.29, 1.82) is 0 Å². The van der Waals surface area contributed by atoms with Gasteiger partial charge >= 0.3 is 6.09 Å². The fraction of sp³-hybridized carbons (Fsp3) is 0.308. The predicted octanol–water partition coefficient (Wildman–Crippen LogP) is 5.15. The van der Waals surface area contributed by atoms with E-state index >= 15 is 0 Å². The molecule has 8 nitrogen and oxygen atoms in total. The van der Waals surface area contributed by atoms with Crippen LogP contribution in [-0.4, -0.2) is 55.0 Å². The third kappa shape index (κ3) is 4.41. The maximum absolute atomic E-state index is 10.9. The lowest BCUT2D eigenvalue weighted by molar-refractivity contribution is 0.134. The number of hydrogen-bond acceptors (Lipinski definition) is 5. The number of piperidine rings is 1. The fourth-order valence-corrected chi connectivity index (χ4v) is 5.82. The van der Waals surface area contributed by atoms with Crippen LogP contribution in [0.4, 0.5) is 10.5 Å². The molecular weight excluding hydrogens is 508 g/mol. The summed E-state index contributed by atoms with van der Waals surface area (Å²) in [6.07, 6.45) is 8.86. The maximum Gasteiger partial charge on any atom is 0.409 e. The lowest BCUT2D eigenvalue weighted by Crippen LogP contribution is -2.42. The second-order valence-corrected chi connectivity index (χ2v) is 10.2. The van der Waals surface area contributed by atoms with Gasteiger partial charge in [-0.05, 0) is 77.0 Å². The molecule has 9 heteroatoms. The third-order valence-electron chi connectivity index (χ3n) is 7.18. The summed E-state index contributed by atoms with van der Waals surface area (Å²) in [5, 5.41) is 16.1. The number of amides is 1. The molecule has 0 saturated carbocycles. The minimum atomic E-state index is -1.02. The van der Waals surface area contributed by atoms with Crippen LogP contribution >= 0.6 is 15.9 Å². The van der Waals surface area contributed by atoms with Crippen molar-refractivity contribution < 1.29 is 9.90 Å². The highest BCUT2D eigenvalue weighted by Gasteiger charge is 2.31. The van der Waals surface area contributed by atoms with E-state index < -0.39 is 6.09 Å². The summed E-state index contributed by atoms with van der Waals surface area (Å²) in [5.74, 6) is 0. The van der Waals surface area contributed by atoms with Crippen molar-refractivity contribution in [3.05, 3.63) is 70.6 Å². The number of carbonyl (C=O) groups is 1. The fourth-order valence-electron chi connectivity index (χ4n) is 5.38. The molecule has 4 aromatic rings. The Bertz CT molecular complexity index is 1410. The van der Waals surface area contributed by atoms with Gasteiger partial charge in [0.05, 0.1) is 29.6 Å². The van der Waals surface area contributed by atoms with Crippen LogP contribution in [-0.2, 0) is 12.8 Å². The molecule has 1 saturated heterocycles. The lowest BCUT2D eigenvalue weighted by Gasteiger charge is -2.36. The Kier molecular flexibility index (Phi) is 5.74. The Balaban J connectivity index is 1.10. The first-order chi connectivity index (χ1) is 17.0. The van der Waals surface area contributed by atoms with Crippen molar-refractivity contribution in [3.8, 4) is 11.3 Å². The average molecular weight is 533 g/mol. The van der Waals surface area contributed by atoms with Gasteiger partial charge in [-0.15, -0.1) is 0 Å². The molecule has 1 fully saturated rings. The summed E-state index contributed by atoms with van der Waals surface area (Å²) in [4.78, 5) is 22.9. The van der Waals surface area contributed by atoms with Crippen LogP contribution in [0.25, 0.3) is 22.3 Å². The maximum atomic E-state index is 10.9. The monoisotopic (exact) mass is 532 g/mol. The number of aromatic nitrogens is 4. The number of carboxylic acid groups (broad SMARTS) is 1. The highest BCUT2D eigenvalue weighted by molar-refractivity contribution is 9.10. The Labute approximate surface area is 211 Å². The molecular formula is C26H25BrN6O2. The Morgan fingerprint density at radius 1 is 1.06 bits per heavy atom. The van der Waals surface area contributed by atoms with Crippen LogP contribution in [0.1, 0.15) is 30.0 Å². The second-order valence-electron chi connectivity index (χ2n) is 9.31. The van der Waals surface area contributed by atoms with Gasteiger partial charge in [-0.25, -0.2) is 9.78 Å². The zero-order chi connectivity index (χ0) is 23.9. The van der Waals surface area contributed by atoms with Crippen LogP contribution in [0.15, 0.2) is 59.5 Å². The molecule has 2 aromatic carbocycles. The van der Waals surface area contributed by atoms with Gasteiger partial charge in [-0.3, -0.25) is 19.9 Å². The number of nitrogens with zero attached hydrogens (tertiary/aromatic N) is 5. The summed E-state index contributed by atoms with van der Waals surface area (Å²) < 4.78 is 3.03. The summed E-state index contributed by atoms with van der Waals surface area (Å²) in [7, 11) is 0. The quantitative estimate of drug-likeness (QED) is 0.377. The summed E-state index contributed by atoms with van der Waals surface area (Å²) in [6, 6.07) is 12.7. The van der Waals surface area contributed by atoms with Gasteiger partial charge in [-0.2, -0.15) is 5.10 Å². The molecule has 35 heavy (non-hydrogen) atoms. The van der Waals surface area contributed by atoms with Gasteiger partial charge < -0.3 is 5.11 Å². The summed E-state index contributed by atoms with van der Waals surface area (Å²) in [6.45, 7) is 2.06. The van der Waals surface area contributed by atoms with Gasteiger partial charge in [0.2, 0.25) is 0 Å². The molecule has 0 radical (unpaired) electrons. The third-order valence-corrected chi connectivity index (χ3v) is 7.82. The van der Waals surface area contributed by atoms with Crippen LogP contribution in [0.2, 0.25) is 0 Å². The number of para-hydroxylation sites is 1. The van der Waals surface area contributed by atoms with Gasteiger partial charge in [0.25, 0.3) is 0 Å². The van der Waals surface area contributed by atoms with E-state index in [0.717, 1.165) is 65.5 Å². The van der Waals surface area contributed by atoms with E-state index in [-0.39, 0.29) is 0 Å². The topological polar surface area (TPSA) is 96.2 Å². The van der Waals surface area contributed by atoms with Gasteiger partial charge in [0.15, 0.2) is 0 Å². The van der Waals surface area contributed by atoms with Crippen molar-refractivity contribution >= 4 is 38.7 Å². The predicted molar refractivity (Wildman–Crippen MR) is 138 cm³/mol. The van der Waals surface area contributed by atoms with Crippen molar-refractivity contribution in [1.82, 2.24) is 24.6 Å². The van der Waals surface area contributed by atoms with Crippen molar-refractivity contribution in [3.63, 3.8) is 0 Å². The number of fused-ring (bicyclic) bond motifs is 2. The zero-order valence-electron chi connectivity index (χ0n) is 19.1. The largest absolute Gasteiger partial charge is 0.465 e. The number of benzene rings is 2. The van der Waals surface area contributed by atoms with Crippen LogP contribution < -0.4 is 5.32 Å². The Morgan fingerprint density at radius 2 is 1.89 bits per heavy atom. The zero-order valence-corrected chi connectivity index (χ0v) is 20.6. The number of hydrogen-bond donors (Lipinski definition) is 2. The minimum Gasteiger partial charge on any atom is -0.465 e. The minimum absolute atomic E-state index is 0.371. The van der Waals surface area contributed by atoms with Gasteiger partial charge in [0, 0.05) is 41.1 Å². The smallest absolute Gasteiger partial charge is 0.409 e. The second kappa shape index (κ2) is 9.05. The first-order valence-corrected chi connectivity index (χ1v) is 12.6. The van der Waals surface area contributed by atoms with Crippen LogP contribution in [0.5, 0.6) is 0 Å². The molecule has 1 aliphatic carbocycles. The molecule has 6 rings (SSSR count). The van der Waals surface area contributed by atoms with E-state index in [1.165, 1.54) is 11.1 Å². The number of halogens is 1. The van der Waals surface area contributed by atoms with E-state index in [1.807, 2.05) is 42.7 Å². The van der Waals surface area contributed by atoms with E-state index in [0.29, 0.717) is 17.8 Å². The van der Waals surface area contributed by atoms with E-state index in [4.69, 9.17) is 10.1 Å². The molecule has 1 aliphatic heterocycles. The lowest BCUT2D eigenvalue weighted by atomic mass is 10.0. The van der Waals surface area contributed by atoms with Gasteiger partial charge in [-0.1, -0.05) is 12.1 Å². The SMILES string of the molecule is O=C(O)Nc1ccc2c(c1)CC(N1CCC(n3cc(-c4cnc5cccc(Br)c5n4)cn3)CC1)C2. The number of likely N-dealkylation sites (tertiary alicyclic amines) is 1. The molecule has 178 valence electrons. The van der Waals surface area contributed by atoms with Crippen LogP contribution in [0, 0.1) is 0 Å². The number of nitrogens with one attached hydrogen (secondary N) is 1. The highest BCUT2D eigenvalue weighted by atomic mass is 79.9. The normalized spacial score (nSPS) is 18.6. The van der Waals surface area contributed by atoms with E-state index in [9.17, 15) is 4.79 Å². The molecule has 1 unspecified atom stereocenters. The molecule has 0 bridgehead atoms.